The number of nitrogens with one attached hydrogen (secondary N) is 1. The average molecular weight is 246 g/mol. The predicted molar refractivity (Wildman–Crippen MR) is 68.3 cm³/mol. The highest BCUT2D eigenvalue weighted by atomic mass is 16.5. The molecule has 1 fully saturated rings. The molecule has 0 unspecified atom stereocenters. The molecule has 0 bridgehead atoms. The Hall–Kier alpha value is -1.67. The van der Waals surface area contributed by atoms with Crippen LogP contribution in [0.2, 0.25) is 0 Å². The topological polar surface area (TPSA) is 70.8 Å². The number of anilines is 1. The molecule has 0 atom stereocenters. The van der Waals surface area contributed by atoms with Gasteiger partial charge < -0.3 is 10.1 Å². The van der Waals surface area contributed by atoms with Crippen LogP contribution in [0.4, 0.5) is 5.82 Å². The molecule has 0 aromatic carbocycles. The van der Waals surface area contributed by atoms with E-state index in [9.17, 15) is 5.26 Å². The lowest BCUT2D eigenvalue weighted by Crippen LogP contribution is -2.23. The second-order valence-corrected chi connectivity index (χ2v) is 4.68. The van der Waals surface area contributed by atoms with Crippen LogP contribution in [0.3, 0.4) is 0 Å². The van der Waals surface area contributed by atoms with E-state index in [2.05, 4.69) is 21.6 Å². The summed E-state index contributed by atoms with van der Waals surface area (Å²) in [7, 11) is 0. The largest absolute Gasteiger partial charge is 0.381 e. The summed E-state index contributed by atoms with van der Waals surface area (Å²) in [6, 6.07) is 2.20. The van der Waals surface area contributed by atoms with Gasteiger partial charge in [0.15, 0.2) is 5.82 Å². The van der Waals surface area contributed by atoms with Gasteiger partial charge in [-0.25, -0.2) is 0 Å². The molecule has 5 heteroatoms. The fourth-order valence-electron chi connectivity index (χ4n) is 2.06. The van der Waals surface area contributed by atoms with Crippen LogP contribution < -0.4 is 5.32 Å². The van der Waals surface area contributed by atoms with Crippen molar-refractivity contribution in [2.75, 3.05) is 25.1 Å². The number of ether oxygens (including phenoxy) is 1. The van der Waals surface area contributed by atoms with Gasteiger partial charge in [-0.15, -0.1) is 5.10 Å². The van der Waals surface area contributed by atoms with Gasteiger partial charge in [0.1, 0.15) is 11.6 Å². The second kappa shape index (κ2) is 5.78. The molecule has 0 amide bonds. The lowest BCUT2D eigenvalue weighted by Gasteiger charge is -2.22. The number of aryl methyl sites for hydroxylation is 1. The Morgan fingerprint density at radius 2 is 2.06 bits per heavy atom. The van der Waals surface area contributed by atoms with Gasteiger partial charge in [-0.3, -0.25) is 0 Å². The number of hydrogen-bond acceptors (Lipinski definition) is 5. The molecule has 96 valence electrons. The van der Waals surface area contributed by atoms with Crippen LogP contribution in [0.25, 0.3) is 0 Å². The minimum Gasteiger partial charge on any atom is -0.381 e. The van der Waals surface area contributed by atoms with Gasteiger partial charge in [-0.1, -0.05) is 0 Å². The van der Waals surface area contributed by atoms with Crippen molar-refractivity contribution in [2.45, 2.75) is 26.7 Å². The van der Waals surface area contributed by atoms with Crippen LogP contribution in [0.1, 0.15) is 29.7 Å². The molecule has 1 N–H and O–H groups in total. The molecule has 0 aliphatic carbocycles. The lowest BCUT2D eigenvalue weighted by atomic mass is 10.0. The van der Waals surface area contributed by atoms with Crippen molar-refractivity contribution in [1.82, 2.24) is 10.2 Å². The molecule has 0 spiro atoms. The fraction of sp³-hybridized carbons (Fsp3) is 0.615. The van der Waals surface area contributed by atoms with Gasteiger partial charge in [-0.05, 0) is 38.2 Å². The van der Waals surface area contributed by atoms with Crippen molar-refractivity contribution in [2.24, 2.45) is 5.92 Å². The number of nitriles is 1. The van der Waals surface area contributed by atoms with E-state index >= 15 is 0 Å². The van der Waals surface area contributed by atoms with Gasteiger partial charge in [0.2, 0.25) is 0 Å². The maximum atomic E-state index is 9.18. The third kappa shape index (κ3) is 2.77. The molecule has 1 aromatic heterocycles. The smallest absolute Gasteiger partial charge is 0.166 e. The third-order valence-electron chi connectivity index (χ3n) is 3.47. The van der Waals surface area contributed by atoms with Crippen molar-refractivity contribution in [1.29, 1.82) is 5.26 Å². The Morgan fingerprint density at radius 1 is 1.33 bits per heavy atom. The van der Waals surface area contributed by atoms with E-state index in [1.807, 2.05) is 13.8 Å². The highest BCUT2D eigenvalue weighted by Crippen LogP contribution is 2.19. The SMILES string of the molecule is Cc1nnc(NCC2CCOCC2)c(C#N)c1C. The number of rotatable bonds is 3. The summed E-state index contributed by atoms with van der Waals surface area (Å²) in [6.07, 6.45) is 2.13. The highest BCUT2D eigenvalue weighted by molar-refractivity contribution is 5.55. The van der Waals surface area contributed by atoms with E-state index < -0.39 is 0 Å². The van der Waals surface area contributed by atoms with Gasteiger partial charge in [-0.2, -0.15) is 10.4 Å². The summed E-state index contributed by atoms with van der Waals surface area (Å²) in [6.45, 7) is 6.26. The molecule has 1 saturated heterocycles. The van der Waals surface area contributed by atoms with Crippen LogP contribution in [-0.2, 0) is 4.74 Å². The summed E-state index contributed by atoms with van der Waals surface area (Å²) < 4.78 is 5.32. The van der Waals surface area contributed by atoms with E-state index in [4.69, 9.17) is 4.74 Å². The normalized spacial score (nSPS) is 16.3. The zero-order valence-corrected chi connectivity index (χ0v) is 10.9. The molecular formula is C13H18N4O. The Bertz CT molecular complexity index is 461. The van der Waals surface area contributed by atoms with Crippen molar-refractivity contribution in [3.63, 3.8) is 0 Å². The van der Waals surface area contributed by atoms with Gasteiger partial charge in [0.05, 0.1) is 5.69 Å². The Morgan fingerprint density at radius 3 is 2.72 bits per heavy atom. The van der Waals surface area contributed by atoms with Crippen LogP contribution in [0.15, 0.2) is 0 Å². The summed E-state index contributed by atoms with van der Waals surface area (Å²) in [5, 5.41) is 20.6. The van der Waals surface area contributed by atoms with E-state index in [1.54, 1.807) is 0 Å². The third-order valence-corrected chi connectivity index (χ3v) is 3.47. The maximum absolute atomic E-state index is 9.18. The summed E-state index contributed by atoms with van der Waals surface area (Å²) in [5.74, 6) is 1.20. The summed E-state index contributed by atoms with van der Waals surface area (Å²) >= 11 is 0. The van der Waals surface area contributed by atoms with E-state index in [0.29, 0.717) is 17.3 Å². The van der Waals surface area contributed by atoms with Crippen molar-refractivity contribution in [3.8, 4) is 6.07 Å². The summed E-state index contributed by atoms with van der Waals surface area (Å²) in [5.41, 5.74) is 2.32. The predicted octanol–water partition coefficient (Wildman–Crippen LogP) is 1.80. The first-order chi connectivity index (χ1) is 8.72. The maximum Gasteiger partial charge on any atom is 0.166 e. The Kier molecular flexibility index (Phi) is 4.11. The van der Waals surface area contributed by atoms with Crippen LogP contribution >= 0.6 is 0 Å². The Labute approximate surface area is 107 Å². The summed E-state index contributed by atoms with van der Waals surface area (Å²) in [4.78, 5) is 0. The molecule has 0 radical (unpaired) electrons. The monoisotopic (exact) mass is 246 g/mol. The standard InChI is InChI=1S/C13H18N4O/c1-9-10(2)16-17-13(12(9)7-14)15-8-11-3-5-18-6-4-11/h11H,3-6,8H2,1-2H3,(H,15,17). The molecule has 2 heterocycles. The molecule has 1 aliphatic rings. The van der Waals surface area contributed by atoms with Crippen molar-refractivity contribution in [3.05, 3.63) is 16.8 Å². The average Bonchev–Trinajstić information content (AvgIpc) is 2.41. The zero-order valence-electron chi connectivity index (χ0n) is 10.9. The second-order valence-electron chi connectivity index (χ2n) is 4.68. The first-order valence-corrected chi connectivity index (χ1v) is 6.28. The van der Waals surface area contributed by atoms with Crippen LogP contribution in [-0.4, -0.2) is 30.0 Å². The number of nitrogens with zero attached hydrogens (tertiary/aromatic N) is 3. The molecular weight excluding hydrogens is 228 g/mol. The van der Waals surface area contributed by atoms with Gasteiger partial charge >= 0.3 is 0 Å². The van der Waals surface area contributed by atoms with Crippen LogP contribution in [0, 0.1) is 31.1 Å². The first kappa shape index (κ1) is 12.8. The minimum absolute atomic E-state index is 0.591. The van der Waals surface area contributed by atoms with Gasteiger partial charge in [0.25, 0.3) is 0 Å². The van der Waals surface area contributed by atoms with E-state index in [1.165, 1.54) is 0 Å². The molecule has 1 aliphatic heterocycles. The molecule has 18 heavy (non-hydrogen) atoms. The lowest BCUT2D eigenvalue weighted by molar-refractivity contribution is 0.0699. The van der Waals surface area contributed by atoms with Crippen LogP contribution in [0.5, 0.6) is 0 Å². The highest BCUT2D eigenvalue weighted by Gasteiger charge is 2.16. The van der Waals surface area contributed by atoms with E-state index in [-0.39, 0.29) is 0 Å². The first-order valence-electron chi connectivity index (χ1n) is 6.28. The van der Waals surface area contributed by atoms with Gasteiger partial charge in [0, 0.05) is 19.8 Å². The molecule has 1 aromatic rings. The zero-order chi connectivity index (χ0) is 13.0. The fourth-order valence-corrected chi connectivity index (χ4v) is 2.06. The molecule has 0 saturated carbocycles. The molecule has 5 nitrogen and oxygen atoms in total. The number of aromatic nitrogens is 2. The van der Waals surface area contributed by atoms with Crippen molar-refractivity contribution >= 4 is 5.82 Å². The molecule has 2 rings (SSSR count). The Balaban J connectivity index is 2.05. The van der Waals surface area contributed by atoms with E-state index in [0.717, 1.165) is 43.9 Å². The van der Waals surface area contributed by atoms with Crippen molar-refractivity contribution < 1.29 is 4.74 Å². The number of hydrogen-bond donors (Lipinski definition) is 1. The quantitative estimate of drug-likeness (QED) is 0.880. The minimum atomic E-state index is 0.591.